The van der Waals surface area contributed by atoms with Crippen molar-refractivity contribution in [3.05, 3.63) is 0 Å². The molecule has 0 radical (unpaired) electrons. The van der Waals surface area contributed by atoms with Crippen LogP contribution in [0.3, 0.4) is 0 Å². The van der Waals surface area contributed by atoms with Crippen LogP contribution in [0.1, 0.15) is 19.3 Å². The van der Waals surface area contributed by atoms with Crippen LogP contribution in [0.4, 0.5) is 0 Å². The molecule has 2 unspecified atom stereocenters. The molecule has 40 valence electrons. The van der Waals surface area contributed by atoms with Gasteiger partial charge in [-0.3, -0.25) is 0 Å². The third kappa shape index (κ3) is 0.609. The van der Waals surface area contributed by atoms with Crippen molar-refractivity contribution in [2.24, 2.45) is 11.8 Å². The number of alkyl halides is 1. The second-order valence-electron chi connectivity index (χ2n) is 2.75. The van der Waals surface area contributed by atoms with Gasteiger partial charge in [0.1, 0.15) is 0 Å². The molecule has 3 atom stereocenters. The molecular formula is C6H9I. The van der Waals surface area contributed by atoms with Crippen molar-refractivity contribution in [2.45, 2.75) is 23.2 Å². The molecule has 2 rings (SSSR count). The molecule has 1 heteroatoms. The number of halogens is 1. The smallest absolute Gasteiger partial charge is 0.0141 e. The molecule has 0 amide bonds. The van der Waals surface area contributed by atoms with Gasteiger partial charge in [0.2, 0.25) is 0 Å². The monoisotopic (exact) mass is 208 g/mol. The Kier molecular flexibility index (Phi) is 0.895. The molecule has 2 aliphatic rings. The highest BCUT2D eigenvalue weighted by Gasteiger charge is 2.46. The average molecular weight is 208 g/mol. The highest BCUT2D eigenvalue weighted by molar-refractivity contribution is 14.1. The Morgan fingerprint density at radius 3 is 2.29 bits per heavy atom. The Hall–Kier alpha value is 0.730. The first-order valence-electron chi connectivity index (χ1n) is 3.02. The second kappa shape index (κ2) is 1.36. The standard InChI is InChI=1S/C6H9I/c7-6-2-1-4-3-5(4)6/h4-6H,1-3H2/t4?,5?,6-/m0/s1. The molecule has 0 aliphatic heterocycles. The molecule has 0 aromatic heterocycles. The van der Waals surface area contributed by atoms with Gasteiger partial charge in [-0.25, -0.2) is 0 Å². The zero-order valence-corrected chi connectivity index (χ0v) is 6.39. The maximum atomic E-state index is 2.60. The number of rotatable bonds is 0. The van der Waals surface area contributed by atoms with Gasteiger partial charge in [0.05, 0.1) is 0 Å². The van der Waals surface area contributed by atoms with Gasteiger partial charge in [-0.1, -0.05) is 22.6 Å². The predicted molar refractivity (Wildman–Crippen MR) is 38.6 cm³/mol. The quantitative estimate of drug-likeness (QED) is 0.423. The Morgan fingerprint density at radius 1 is 1.29 bits per heavy atom. The van der Waals surface area contributed by atoms with Crippen LogP contribution >= 0.6 is 22.6 Å². The van der Waals surface area contributed by atoms with Gasteiger partial charge in [0.15, 0.2) is 0 Å². The van der Waals surface area contributed by atoms with Crippen LogP contribution in [0.5, 0.6) is 0 Å². The summed E-state index contributed by atoms with van der Waals surface area (Å²) in [6, 6.07) is 0. The largest absolute Gasteiger partial charge is 0.0823 e. The summed E-state index contributed by atoms with van der Waals surface area (Å²) in [7, 11) is 0. The van der Waals surface area contributed by atoms with Crippen LogP contribution in [-0.2, 0) is 0 Å². The van der Waals surface area contributed by atoms with Crippen molar-refractivity contribution in [3.8, 4) is 0 Å². The minimum atomic E-state index is 1.06. The minimum absolute atomic E-state index is 1.06. The molecule has 0 heterocycles. The molecule has 0 N–H and O–H groups in total. The maximum Gasteiger partial charge on any atom is 0.0141 e. The second-order valence-corrected chi connectivity index (χ2v) is 4.35. The summed E-state index contributed by atoms with van der Waals surface area (Å²) in [5, 5.41) is 0. The van der Waals surface area contributed by atoms with Crippen LogP contribution in [0.15, 0.2) is 0 Å². The van der Waals surface area contributed by atoms with E-state index >= 15 is 0 Å². The van der Waals surface area contributed by atoms with Gasteiger partial charge in [0, 0.05) is 3.92 Å². The van der Waals surface area contributed by atoms with E-state index in [0.29, 0.717) is 0 Å². The lowest BCUT2D eigenvalue weighted by atomic mass is 10.3. The molecule has 0 spiro atoms. The van der Waals surface area contributed by atoms with Crippen molar-refractivity contribution in [1.82, 2.24) is 0 Å². The van der Waals surface area contributed by atoms with Crippen molar-refractivity contribution >= 4 is 22.6 Å². The van der Waals surface area contributed by atoms with E-state index in [1.54, 1.807) is 6.42 Å². The summed E-state index contributed by atoms with van der Waals surface area (Å²) in [5.41, 5.74) is 0. The molecule has 0 nitrogen and oxygen atoms in total. The molecule has 0 aromatic carbocycles. The van der Waals surface area contributed by atoms with Crippen molar-refractivity contribution in [2.75, 3.05) is 0 Å². The fourth-order valence-corrected chi connectivity index (χ4v) is 2.87. The van der Waals surface area contributed by atoms with Crippen LogP contribution < -0.4 is 0 Å². The zero-order chi connectivity index (χ0) is 4.85. The Bertz CT molecular complexity index is 90.2. The molecule has 2 fully saturated rings. The SMILES string of the molecule is I[C@H]1CCC2CC21. The van der Waals surface area contributed by atoms with E-state index in [-0.39, 0.29) is 0 Å². The topological polar surface area (TPSA) is 0 Å². The van der Waals surface area contributed by atoms with Crippen LogP contribution in [-0.4, -0.2) is 3.92 Å². The molecular weight excluding hydrogens is 199 g/mol. The van der Waals surface area contributed by atoms with E-state index in [1.165, 1.54) is 24.7 Å². The summed E-state index contributed by atoms with van der Waals surface area (Å²) in [4.78, 5) is 0. The third-order valence-electron chi connectivity index (χ3n) is 2.26. The molecule has 7 heavy (non-hydrogen) atoms. The number of fused-ring (bicyclic) bond motifs is 1. The highest BCUT2D eigenvalue weighted by atomic mass is 127. The van der Waals surface area contributed by atoms with Gasteiger partial charge in [-0.2, -0.15) is 0 Å². The van der Waals surface area contributed by atoms with E-state index in [2.05, 4.69) is 22.6 Å². The number of hydrogen-bond donors (Lipinski definition) is 0. The Morgan fingerprint density at radius 2 is 2.14 bits per heavy atom. The Balaban J connectivity index is 2.08. The van der Waals surface area contributed by atoms with E-state index in [9.17, 15) is 0 Å². The summed E-state index contributed by atoms with van der Waals surface area (Å²) < 4.78 is 1.06. The van der Waals surface area contributed by atoms with E-state index < -0.39 is 0 Å². The van der Waals surface area contributed by atoms with E-state index in [4.69, 9.17) is 0 Å². The van der Waals surface area contributed by atoms with Crippen LogP contribution in [0.25, 0.3) is 0 Å². The maximum absolute atomic E-state index is 2.60. The predicted octanol–water partition coefficient (Wildman–Crippen LogP) is 2.22. The molecule has 2 saturated carbocycles. The summed E-state index contributed by atoms with van der Waals surface area (Å²) >= 11 is 2.60. The first-order chi connectivity index (χ1) is 3.38. The average Bonchev–Trinajstić information content (AvgIpc) is 2.33. The normalized spacial score (nSPS) is 57.0. The summed E-state index contributed by atoms with van der Waals surface area (Å²) in [6.07, 6.45) is 4.61. The molecule has 0 aromatic rings. The fourth-order valence-electron chi connectivity index (χ4n) is 1.63. The minimum Gasteiger partial charge on any atom is -0.0823 e. The van der Waals surface area contributed by atoms with Gasteiger partial charge in [-0.05, 0) is 31.1 Å². The van der Waals surface area contributed by atoms with Gasteiger partial charge < -0.3 is 0 Å². The van der Waals surface area contributed by atoms with Crippen molar-refractivity contribution in [1.29, 1.82) is 0 Å². The molecule has 0 bridgehead atoms. The number of hydrogen-bond acceptors (Lipinski definition) is 0. The van der Waals surface area contributed by atoms with Crippen molar-refractivity contribution in [3.63, 3.8) is 0 Å². The van der Waals surface area contributed by atoms with Gasteiger partial charge in [-0.15, -0.1) is 0 Å². The summed E-state index contributed by atoms with van der Waals surface area (Å²) in [6.45, 7) is 0. The molecule has 0 saturated heterocycles. The lowest BCUT2D eigenvalue weighted by molar-refractivity contribution is 0.760. The van der Waals surface area contributed by atoms with Crippen molar-refractivity contribution < 1.29 is 0 Å². The van der Waals surface area contributed by atoms with Crippen LogP contribution in [0, 0.1) is 11.8 Å². The lowest BCUT2D eigenvalue weighted by Crippen LogP contribution is -1.91. The first kappa shape index (κ1) is 4.59. The van der Waals surface area contributed by atoms with Gasteiger partial charge in [0.25, 0.3) is 0 Å². The van der Waals surface area contributed by atoms with Gasteiger partial charge >= 0.3 is 0 Å². The zero-order valence-electron chi connectivity index (χ0n) is 4.23. The molecule has 2 aliphatic carbocycles. The summed E-state index contributed by atoms with van der Waals surface area (Å²) in [5.74, 6) is 2.35. The van der Waals surface area contributed by atoms with E-state index in [1.807, 2.05) is 0 Å². The van der Waals surface area contributed by atoms with Crippen LogP contribution in [0.2, 0.25) is 0 Å². The first-order valence-corrected chi connectivity index (χ1v) is 4.26. The third-order valence-corrected chi connectivity index (χ3v) is 3.80. The highest BCUT2D eigenvalue weighted by Crippen LogP contribution is 2.54. The Labute approximate surface area is 57.8 Å². The van der Waals surface area contributed by atoms with E-state index in [0.717, 1.165) is 3.92 Å². The fraction of sp³-hybridized carbons (Fsp3) is 1.00. The lowest BCUT2D eigenvalue weighted by Gasteiger charge is -1.95.